The number of aromatic nitrogens is 2. The van der Waals surface area contributed by atoms with Crippen LogP contribution in [-0.4, -0.2) is 16.1 Å². The second kappa shape index (κ2) is 4.88. The number of rotatable bonds is 4. The van der Waals surface area contributed by atoms with Crippen molar-refractivity contribution in [3.8, 4) is 0 Å². The van der Waals surface area contributed by atoms with Crippen molar-refractivity contribution in [1.82, 2.24) is 9.55 Å². The number of imidazole rings is 1. The van der Waals surface area contributed by atoms with Crippen LogP contribution in [0.25, 0.3) is 11.0 Å². The number of hydrogen-bond donors (Lipinski definition) is 1. The van der Waals surface area contributed by atoms with E-state index < -0.39 is 0 Å². The van der Waals surface area contributed by atoms with Crippen molar-refractivity contribution >= 4 is 11.0 Å². The lowest BCUT2D eigenvalue weighted by Crippen LogP contribution is -2.04. The molecule has 2 rings (SSSR count). The maximum atomic E-state index is 5.55. The molecule has 0 saturated heterocycles. The monoisotopic (exact) mass is 231 g/mol. The standard InChI is InChI=1S/C14H21N3/c1-10(2)11-6-7-13-12(9-11)16-14(17(13)3)5-4-8-15/h6-7,9-10H,4-5,8,15H2,1-3H3. The van der Waals surface area contributed by atoms with E-state index in [0.717, 1.165) is 30.7 Å². The summed E-state index contributed by atoms with van der Waals surface area (Å²) in [6.07, 6.45) is 1.95. The van der Waals surface area contributed by atoms with Crippen LogP contribution in [0.5, 0.6) is 0 Å². The lowest BCUT2D eigenvalue weighted by Gasteiger charge is -2.04. The van der Waals surface area contributed by atoms with Crippen molar-refractivity contribution in [2.75, 3.05) is 6.54 Å². The molecule has 0 fully saturated rings. The van der Waals surface area contributed by atoms with Gasteiger partial charge in [-0.1, -0.05) is 19.9 Å². The first kappa shape index (κ1) is 12.1. The SMILES string of the molecule is CC(C)c1ccc2c(c1)nc(CCCN)n2C. The van der Waals surface area contributed by atoms with Gasteiger partial charge in [0.15, 0.2) is 0 Å². The van der Waals surface area contributed by atoms with Crippen molar-refractivity contribution in [3.05, 3.63) is 29.6 Å². The number of nitrogens with zero attached hydrogens (tertiary/aromatic N) is 2. The molecule has 0 unspecified atom stereocenters. The minimum Gasteiger partial charge on any atom is -0.331 e. The highest BCUT2D eigenvalue weighted by molar-refractivity contribution is 5.77. The first-order valence-corrected chi connectivity index (χ1v) is 6.28. The van der Waals surface area contributed by atoms with Crippen LogP contribution in [0.3, 0.4) is 0 Å². The van der Waals surface area contributed by atoms with Gasteiger partial charge in [0.1, 0.15) is 5.82 Å². The van der Waals surface area contributed by atoms with Crippen LogP contribution in [-0.2, 0) is 13.5 Å². The van der Waals surface area contributed by atoms with Gasteiger partial charge in [0.25, 0.3) is 0 Å². The van der Waals surface area contributed by atoms with Gasteiger partial charge >= 0.3 is 0 Å². The minimum atomic E-state index is 0.550. The van der Waals surface area contributed by atoms with E-state index in [1.54, 1.807) is 0 Å². The summed E-state index contributed by atoms with van der Waals surface area (Å²) in [7, 11) is 2.08. The average Bonchev–Trinajstić information content (AvgIpc) is 2.63. The van der Waals surface area contributed by atoms with Crippen LogP contribution >= 0.6 is 0 Å². The molecule has 2 N–H and O–H groups in total. The fourth-order valence-corrected chi connectivity index (χ4v) is 2.11. The maximum absolute atomic E-state index is 5.55. The summed E-state index contributed by atoms with van der Waals surface area (Å²) >= 11 is 0. The van der Waals surface area contributed by atoms with Crippen molar-refractivity contribution < 1.29 is 0 Å². The van der Waals surface area contributed by atoms with Crippen molar-refractivity contribution in [1.29, 1.82) is 0 Å². The van der Waals surface area contributed by atoms with Crippen LogP contribution in [0.1, 0.15) is 37.6 Å². The normalized spacial score (nSPS) is 11.6. The largest absolute Gasteiger partial charge is 0.331 e. The third-order valence-corrected chi connectivity index (χ3v) is 3.27. The maximum Gasteiger partial charge on any atom is 0.109 e. The van der Waals surface area contributed by atoms with Crippen LogP contribution < -0.4 is 5.73 Å². The van der Waals surface area contributed by atoms with E-state index in [2.05, 4.69) is 43.7 Å². The Hall–Kier alpha value is -1.35. The zero-order valence-electron chi connectivity index (χ0n) is 10.9. The van der Waals surface area contributed by atoms with Gasteiger partial charge in [0.2, 0.25) is 0 Å². The Morgan fingerprint density at radius 3 is 2.76 bits per heavy atom. The van der Waals surface area contributed by atoms with Gasteiger partial charge in [-0.15, -0.1) is 0 Å². The molecule has 0 aliphatic rings. The first-order valence-electron chi connectivity index (χ1n) is 6.28. The number of fused-ring (bicyclic) bond motifs is 1. The van der Waals surface area contributed by atoms with Crippen LogP contribution in [0, 0.1) is 0 Å². The molecule has 2 aromatic rings. The molecular weight excluding hydrogens is 210 g/mol. The molecule has 0 amide bonds. The lowest BCUT2D eigenvalue weighted by atomic mass is 10.0. The highest BCUT2D eigenvalue weighted by atomic mass is 15.1. The van der Waals surface area contributed by atoms with Crippen LogP contribution in [0.15, 0.2) is 18.2 Å². The summed E-state index contributed by atoms with van der Waals surface area (Å²) < 4.78 is 2.18. The predicted octanol–water partition coefficient (Wildman–Crippen LogP) is 2.59. The zero-order valence-corrected chi connectivity index (χ0v) is 10.9. The molecule has 0 aliphatic heterocycles. The van der Waals surface area contributed by atoms with E-state index in [1.165, 1.54) is 11.1 Å². The van der Waals surface area contributed by atoms with Crippen LogP contribution in [0.4, 0.5) is 0 Å². The Kier molecular flexibility index (Phi) is 3.48. The van der Waals surface area contributed by atoms with Gasteiger partial charge in [-0.2, -0.15) is 0 Å². The van der Waals surface area contributed by atoms with E-state index in [9.17, 15) is 0 Å². The average molecular weight is 231 g/mol. The zero-order chi connectivity index (χ0) is 12.4. The van der Waals surface area contributed by atoms with E-state index in [1.807, 2.05) is 0 Å². The van der Waals surface area contributed by atoms with Crippen molar-refractivity contribution in [2.45, 2.75) is 32.6 Å². The lowest BCUT2D eigenvalue weighted by molar-refractivity contribution is 0.741. The third-order valence-electron chi connectivity index (χ3n) is 3.27. The molecule has 17 heavy (non-hydrogen) atoms. The Labute approximate surface area is 103 Å². The summed E-state index contributed by atoms with van der Waals surface area (Å²) in [4.78, 5) is 4.70. The molecule has 3 heteroatoms. The minimum absolute atomic E-state index is 0.550. The Morgan fingerprint density at radius 1 is 1.35 bits per heavy atom. The topological polar surface area (TPSA) is 43.8 Å². The smallest absolute Gasteiger partial charge is 0.109 e. The van der Waals surface area contributed by atoms with Gasteiger partial charge in [-0.3, -0.25) is 0 Å². The highest BCUT2D eigenvalue weighted by Crippen LogP contribution is 2.21. The molecular formula is C14H21N3. The molecule has 0 saturated carbocycles. The number of aryl methyl sites for hydroxylation is 2. The van der Waals surface area contributed by atoms with E-state index >= 15 is 0 Å². The van der Waals surface area contributed by atoms with E-state index in [4.69, 9.17) is 10.7 Å². The van der Waals surface area contributed by atoms with Gasteiger partial charge < -0.3 is 10.3 Å². The van der Waals surface area contributed by atoms with E-state index in [-0.39, 0.29) is 0 Å². The second-order valence-corrected chi connectivity index (χ2v) is 4.88. The summed E-state index contributed by atoms with van der Waals surface area (Å²) in [5.74, 6) is 1.68. The summed E-state index contributed by atoms with van der Waals surface area (Å²) in [5, 5.41) is 0. The molecule has 3 nitrogen and oxygen atoms in total. The van der Waals surface area contributed by atoms with Gasteiger partial charge in [0, 0.05) is 13.5 Å². The van der Waals surface area contributed by atoms with Crippen LogP contribution in [0.2, 0.25) is 0 Å². The van der Waals surface area contributed by atoms with Crippen molar-refractivity contribution in [2.24, 2.45) is 12.8 Å². The van der Waals surface area contributed by atoms with Gasteiger partial charge in [-0.05, 0) is 36.6 Å². The molecule has 0 atom stereocenters. The predicted molar refractivity (Wildman–Crippen MR) is 72.2 cm³/mol. The van der Waals surface area contributed by atoms with E-state index in [0.29, 0.717) is 5.92 Å². The Morgan fingerprint density at radius 2 is 2.12 bits per heavy atom. The van der Waals surface area contributed by atoms with Crippen molar-refractivity contribution in [3.63, 3.8) is 0 Å². The second-order valence-electron chi connectivity index (χ2n) is 4.88. The highest BCUT2D eigenvalue weighted by Gasteiger charge is 2.08. The summed E-state index contributed by atoms with van der Waals surface area (Å²) in [6.45, 7) is 5.14. The number of benzene rings is 1. The molecule has 0 aliphatic carbocycles. The number of hydrogen-bond acceptors (Lipinski definition) is 2. The fraction of sp³-hybridized carbons (Fsp3) is 0.500. The summed E-state index contributed by atoms with van der Waals surface area (Å²) in [6, 6.07) is 6.57. The quantitative estimate of drug-likeness (QED) is 0.879. The first-order chi connectivity index (χ1) is 8.13. The molecule has 1 heterocycles. The Balaban J connectivity index is 2.42. The number of nitrogens with two attached hydrogens (primary N) is 1. The van der Waals surface area contributed by atoms with Gasteiger partial charge in [-0.25, -0.2) is 4.98 Å². The molecule has 0 bridgehead atoms. The molecule has 92 valence electrons. The molecule has 1 aromatic carbocycles. The third kappa shape index (κ3) is 2.34. The fourth-order valence-electron chi connectivity index (χ4n) is 2.11. The molecule has 0 radical (unpaired) electrons. The molecule has 1 aromatic heterocycles. The van der Waals surface area contributed by atoms with Gasteiger partial charge in [0.05, 0.1) is 11.0 Å². The Bertz CT molecular complexity index is 511. The molecule has 0 spiro atoms. The summed E-state index contributed by atoms with van der Waals surface area (Å²) in [5.41, 5.74) is 9.21.